The van der Waals surface area contributed by atoms with Gasteiger partial charge in [-0.15, -0.1) is 6.58 Å². The standard InChI is InChI=1S/C17H18O/c1-2-14(15-9-5-3-6-10-15)13-17(18)16-11-7-4-8-12-16/h2-12,14,17-18H,1,13H2/t14-,17+/m0/s1. The van der Waals surface area contributed by atoms with E-state index in [9.17, 15) is 5.11 Å². The van der Waals surface area contributed by atoms with Crippen molar-refractivity contribution in [1.29, 1.82) is 0 Å². The molecule has 0 bridgehead atoms. The summed E-state index contributed by atoms with van der Waals surface area (Å²) in [4.78, 5) is 0. The third kappa shape index (κ3) is 3.08. The van der Waals surface area contributed by atoms with Crippen molar-refractivity contribution in [2.24, 2.45) is 0 Å². The van der Waals surface area contributed by atoms with Crippen molar-refractivity contribution >= 4 is 0 Å². The van der Waals surface area contributed by atoms with Crippen molar-refractivity contribution in [3.8, 4) is 0 Å². The maximum Gasteiger partial charge on any atom is 0.0798 e. The van der Waals surface area contributed by atoms with Gasteiger partial charge in [0, 0.05) is 5.92 Å². The van der Waals surface area contributed by atoms with Gasteiger partial charge in [0.1, 0.15) is 0 Å². The highest BCUT2D eigenvalue weighted by Crippen LogP contribution is 2.28. The Morgan fingerprint density at radius 2 is 1.39 bits per heavy atom. The maximum atomic E-state index is 10.2. The number of aliphatic hydroxyl groups excluding tert-OH is 1. The van der Waals surface area contributed by atoms with Crippen molar-refractivity contribution in [3.63, 3.8) is 0 Å². The van der Waals surface area contributed by atoms with Crippen LogP contribution in [0.3, 0.4) is 0 Å². The van der Waals surface area contributed by atoms with E-state index < -0.39 is 6.10 Å². The molecule has 2 rings (SSSR count). The Bertz CT molecular complexity index is 475. The molecule has 0 aromatic heterocycles. The van der Waals surface area contributed by atoms with E-state index in [0.29, 0.717) is 6.42 Å². The lowest BCUT2D eigenvalue weighted by Crippen LogP contribution is -2.04. The van der Waals surface area contributed by atoms with Gasteiger partial charge >= 0.3 is 0 Å². The van der Waals surface area contributed by atoms with Gasteiger partial charge in [0.25, 0.3) is 0 Å². The Morgan fingerprint density at radius 1 is 0.889 bits per heavy atom. The minimum absolute atomic E-state index is 0.182. The monoisotopic (exact) mass is 238 g/mol. The molecule has 0 unspecified atom stereocenters. The molecule has 2 aromatic rings. The second-order valence-corrected chi connectivity index (χ2v) is 4.42. The number of hydrogen-bond acceptors (Lipinski definition) is 1. The Hall–Kier alpha value is -1.86. The number of aliphatic hydroxyl groups is 1. The fraction of sp³-hybridized carbons (Fsp3) is 0.176. The van der Waals surface area contributed by atoms with Crippen LogP contribution < -0.4 is 0 Å². The highest BCUT2D eigenvalue weighted by atomic mass is 16.3. The minimum atomic E-state index is -0.450. The van der Waals surface area contributed by atoms with Gasteiger partial charge in [0.15, 0.2) is 0 Å². The van der Waals surface area contributed by atoms with Crippen molar-refractivity contribution in [2.45, 2.75) is 18.4 Å². The lowest BCUT2D eigenvalue weighted by molar-refractivity contribution is 0.163. The molecule has 0 heterocycles. The predicted octanol–water partition coefficient (Wildman–Crippen LogP) is 4.08. The first-order chi connectivity index (χ1) is 8.81. The van der Waals surface area contributed by atoms with Crippen LogP contribution in [0.15, 0.2) is 73.3 Å². The van der Waals surface area contributed by atoms with E-state index in [4.69, 9.17) is 0 Å². The van der Waals surface area contributed by atoms with Crippen molar-refractivity contribution in [3.05, 3.63) is 84.4 Å². The fourth-order valence-corrected chi connectivity index (χ4v) is 2.12. The van der Waals surface area contributed by atoms with Gasteiger partial charge < -0.3 is 5.11 Å². The normalized spacial score (nSPS) is 13.8. The predicted molar refractivity (Wildman–Crippen MR) is 75.4 cm³/mol. The van der Waals surface area contributed by atoms with Gasteiger partial charge in [-0.1, -0.05) is 66.7 Å². The third-order valence-corrected chi connectivity index (χ3v) is 3.17. The number of benzene rings is 2. The molecule has 1 nitrogen and oxygen atoms in total. The molecule has 2 aromatic carbocycles. The molecule has 0 amide bonds. The van der Waals surface area contributed by atoms with Gasteiger partial charge in [-0.25, -0.2) is 0 Å². The molecule has 0 saturated heterocycles. The Balaban J connectivity index is 2.10. The fourth-order valence-electron chi connectivity index (χ4n) is 2.12. The molecule has 0 fully saturated rings. The van der Waals surface area contributed by atoms with E-state index in [2.05, 4.69) is 18.7 Å². The summed E-state index contributed by atoms with van der Waals surface area (Å²) >= 11 is 0. The van der Waals surface area contributed by atoms with Crippen molar-refractivity contribution < 1.29 is 5.11 Å². The van der Waals surface area contributed by atoms with Crippen LogP contribution in [0.1, 0.15) is 29.6 Å². The van der Waals surface area contributed by atoms with Gasteiger partial charge in [0.05, 0.1) is 6.10 Å². The van der Waals surface area contributed by atoms with Gasteiger partial charge in [-0.05, 0) is 17.5 Å². The summed E-state index contributed by atoms with van der Waals surface area (Å²) in [5, 5.41) is 10.2. The zero-order chi connectivity index (χ0) is 12.8. The van der Waals surface area contributed by atoms with Crippen molar-refractivity contribution in [2.75, 3.05) is 0 Å². The first-order valence-electron chi connectivity index (χ1n) is 6.21. The smallest absolute Gasteiger partial charge is 0.0798 e. The van der Waals surface area contributed by atoms with Crippen LogP contribution in [0.2, 0.25) is 0 Å². The van der Waals surface area contributed by atoms with E-state index in [0.717, 1.165) is 5.56 Å². The quantitative estimate of drug-likeness (QED) is 0.778. The zero-order valence-corrected chi connectivity index (χ0v) is 10.4. The Labute approximate surface area is 108 Å². The van der Waals surface area contributed by atoms with Crippen molar-refractivity contribution in [1.82, 2.24) is 0 Å². The number of hydrogen-bond donors (Lipinski definition) is 1. The summed E-state index contributed by atoms with van der Waals surface area (Å²) in [6, 6.07) is 19.9. The third-order valence-electron chi connectivity index (χ3n) is 3.17. The summed E-state index contributed by atoms with van der Waals surface area (Å²) < 4.78 is 0. The van der Waals surface area contributed by atoms with Crippen LogP contribution >= 0.6 is 0 Å². The molecular formula is C17H18O. The topological polar surface area (TPSA) is 20.2 Å². The second-order valence-electron chi connectivity index (χ2n) is 4.42. The molecule has 0 saturated carbocycles. The molecule has 92 valence electrons. The summed E-state index contributed by atoms with van der Waals surface area (Å²) in [6.07, 6.45) is 2.12. The highest BCUT2D eigenvalue weighted by molar-refractivity contribution is 5.25. The van der Waals surface area contributed by atoms with Gasteiger partial charge in [0.2, 0.25) is 0 Å². The van der Waals surface area contributed by atoms with Crippen LogP contribution in [-0.2, 0) is 0 Å². The van der Waals surface area contributed by atoms with Gasteiger partial charge in [-0.3, -0.25) is 0 Å². The molecule has 0 aliphatic rings. The van der Waals surface area contributed by atoms with Crippen LogP contribution in [0.25, 0.3) is 0 Å². The molecule has 0 spiro atoms. The maximum absolute atomic E-state index is 10.2. The van der Waals surface area contributed by atoms with E-state index in [1.54, 1.807) is 0 Å². The second kappa shape index (κ2) is 6.18. The summed E-state index contributed by atoms with van der Waals surface area (Å²) in [7, 11) is 0. The lowest BCUT2D eigenvalue weighted by atomic mass is 9.91. The first-order valence-corrected chi connectivity index (χ1v) is 6.21. The summed E-state index contributed by atoms with van der Waals surface area (Å²) in [5.41, 5.74) is 2.16. The van der Waals surface area contributed by atoms with E-state index in [-0.39, 0.29) is 5.92 Å². The van der Waals surface area contributed by atoms with E-state index >= 15 is 0 Å². The van der Waals surface area contributed by atoms with Crippen LogP contribution in [0, 0.1) is 0 Å². The van der Waals surface area contributed by atoms with Crippen LogP contribution in [-0.4, -0.2) is 5.11 Å². The molecule has 0 aliphatic carbocycles. The minimum Gasteiger partial charge on any atom is -0.388 e. The average Bonchev–Trinajstić information content (AvgIpc) is 2.46. The Kier molecular flexibility index (Phi) is 4.32. The largest absolute Gasteiger partial charge is 0.388 e. The van der Waals surface area contributed by atoms with Crippen LogP contribution in [0.4, 0.5) is 0 Å². The number of allylic oxidation sites excluding steroid dienone is 1. The molecule has 2 atom stereocenters. The SMILES string of the molecule is C=C[C@@H](C[C@@H](O)c1ccccc1)c1ccccc1. The summed E-state index contributed by atoms with van der Waals surface area (Å²) in [5.74, 6) is 0.182. The Morgan fingerprint density at radius 3 is 1.89 bits per heavy atom. The summed E-state index contributed by atoms with van der Waals surface area (Å²) in [6.45, 7) is 3.87. The molecule has 0 radical (unpaired) electrons. The van der Waals surface area contributed by atoms with E-state index in [1.165, 1.54) is 5.56 Å². The van der Waals surface area contributed by atoms with Crippen LogP contribution in [0.5, 0.6) is 0 Å². The zero-order valence-electron chi connectivity index (χ0n) is 10.4. The molecule has 1 N–H and O–H groups in total. The number of rotatable bonds is 5. The lowest BCUT2D eigenvalue weighted by Gasteiger charge is -2.17. The molecule has 18 heavy (non-hydrogen) atoms. The molecule has 1 heteroatoms. The average molecular weight is 238 g/mol. The van der Waals surface area contributed by atoms with Gasteiger partial charge in [-0.2, -0.15) is 0 Å². The highest BCUT2D eigenvalue weighted by Gasteiger charge is 2.14. The molecular weight excluding hydrogens is 220 g/mol. The van der Waals surface area contributed by atoms with E-state index in [1.807, 2.05) is 54.6 Å². The molecule has 0 aliphatic heterocycles. The first kappa shape index (κ1) is 12.6.